The van der Waals surface area contributed by atoms with E-state index >= 15 is 0 Å². The number of nitrogens with zero attached hydrogens (tertiary/aromatic N) is 2. The molecule has 0 saturated heterocycles. The lowest BCUT2D eigenvalue weighted by atomic mass is 10.0. The fourth-order valence-electron chi connectivity index (χ4n) is 3.69. The van der Waals surface area contributed by atoms with Crippen LogP contribution in [0.3, 0.4) is 0 Å². The standard InChI is InChI=1S/C24H32N2O4/c1-6-8-12-30-23-19(16(3)14-17(4)25-23)15-26-11-13-29-21-10-9-20(28-7-2)18(5)22(21)24(26)27/h9-10,14H,6-8,11-13,15H2,1-5H3. The zero-order valence-corrected chi connectivity index (χ0v) is 18.7. The minimum Gasteiger partial charge on any atom is -0.494 e. The topological polar surface area (TPSA) is 60.9 Å². The van der Waals surface area contributed by atoms with Gasteiger partial charge in [-0.3, -0.25) is 4.79 Å². The van der Waals surface area contributed by atoms with Crippen LogP contribution in [0.5, 0.6) is 17.4 Å². The summed E-state index contributed by atoms with van der Waals surface area (Å²) in [6.07, 6.45) is 2.03. The monoisotopic (exact) mass is 412 g/mol. The van der Waals surface area contributed by atoms with E-state index in [1.807, 2.05) is 50.8 Å². The molecule has 0 atom stereocenters. The molecule has 30 heavy (non-hydrogen) atoms. The van der Waals surface area contributed by atoms with Crippen molar-refractivity contribution in [3.05, 3.63) is 46.1 Å². The second-order valence-electron chi connectivity index (χ2n) is 7.64. The number of amides is 1. The first-order chi connectivity index (χ1) is 14.5. The lowest BCUT2D eigenvalue weighted by Crippen LogP contribution is -2.33. The highest BCUT2D eigenvalue weighted by molar-refractivity contribution is 5.99. The Kier molecular flexibility index (Phi) is 7.19. The van der Waals surface area contributed by atoms with Crippen molar-refractivity contribution in [2.75, 3.05) is 26.4 Å². The molecule has 0 aliphatic carbocycles. The number of carbonyl (C=O) groups excluding carboxylic acids is 1. The number of carbonyl (C=O) groups is 1. The molecule has 1 amide bonds. The molecule has 0 spiro atoms. The van der Waals surface area contributed by atoms with Crippen molar-refractivity contribution in [3.8, 4) is 17.4 Å². The third-order valence-electron chi connectivity index (χ3n) is 5.32. The molecular weight excluding hydrogens is 380 g/mol. The van der Waals surface area contributed by atoms with Crippen LogP contribution in [0, 0.1) is 20.8 Å². The molecular formula is C24H32N2O4. The van der Waals surface area contributed by atoms with E-state index < -0.39 is 0 Å². The molecule has 1 aromatic carbocycles. The summed E-state index contributed by atoms with van der Waals surface area (Å²) in [6, 6.07) is 5.73. The average molecular weight is 413 g/mol. The number of fused-ring (bicyclic) bond motifs is 1. The maximum atomic E-state index is 13.5. The Balaban J connectivity index is 1.93. The van der Waals surface area contributed by atoms with Crippen LogP contribution in [0.25, 0.3) is 0 Å². The number of benzene rings is 1. The van der Waals surface area contributed by atoms with Crippen molar-refractivity contribution in [2.24, 2.45) is 0 Å². The van der Waals surface area contributed by atoms with Crippen molar-refractivity contribution in [1.82, 2.24) is 9.88 Å². The van der Waals surface area contributed by atoms with Gasteiger partial charge in [0, 0.05) is 16.8 Å². The summed E-state index contributed by atoms with van der Waals surface area (Å²) in [5.41, 5.74) is 4.32. The van der Waals surface area contributed by atoms with Crippen LogP contribution < -0.4 is 14.2 Å². The molecule has 0 bridgehead atoms. The number of unbranched alkanes of at least 4 members (excludes halogenated alkanes) is 1. The number of ether oxygens (including phenoxy) is 3. The fraction of sp³-hybridized carbons (Fsp3) is 0.500. The summed E-state index contributed by atoms with van der Waals surface area (Å²) >= 11 is 0. The summed E-state index contributed by atoms with van der Waals surface area (Å²) in [7, 11) is 0. The molecule has 6 nitrogen and oxygen atoms in total. The molecule has 1 aliphatic heterocycles. The maximum absolute atomic E-state index is 13.5. The minimum absolute atomic E-state index is 0.0546. The Hall–Kier alpha value is -2.76. The van der Waals surface area contributed by atoms with Gasteiger partial charge in [0.05, 0.1) is 31.9 Å². The van der Waals surface area contributed by atoms with Gasteiger partial charge in [-0.05, 0) is 57.9 Å². The maximum Gasteiger partial charge on any atom is 0.258 e. The highest BCUT2D eigenvalue weighted by Crippen LogP contribution is 2.33. The second-order valence-corrected chi connectivity index (χ2v) is 7.64. The molecule has 6 heteroatoms. The van der Waals surface area contributed by atoms with Crippen LogP contribution in [0.1, 0.15) is 59.4 Å². The van der Waals surface area contributed by atoms with Gasteiger partial charge in [0.2, 0.25) is 5.88 Å². The molecule has 0 fully saturated rings. The van der Waals surface area contributed by atoms with E-state index in [4.69, 9.17) is 14.2 Å². The second kappa shape index (κ2) is 9.83. The van der Waals surface area contributed by atoms with Crippen LogP contribution in [0.2, 0.25) is 0 Å². The van der Waals surface area contributed by atoms with E-state index in [1.165, 1.54) is 0 Å². The molecule has 3 rings (SSSR count). The predicted molar refractivity (Wildman–Crippen MR) is 117 cm³/mol. The first-order valence-corrected chi connectivity index (χ1v) is 10.7. The third kappa shape index (κ3) is 4.69. The Labute approximate surface area is 179 Å². The van der Waals surface area contributed by atoms with Gasteiger partial charge in [-0.1, -0.05) is 13.3 Å². The minimum atomic E-state index is -0.0546. The van der Waals surface area contributed by atoms with Crippen LogP contribution in [-0.4, -0.2) is 42.2 Å². The van der Waals surface area contributed by atoms with Crippen molar-refractivity contribution in [3.63, 3.8) is 0 Å². The predicted octanol–water partition coefficient (Wildman–Crippen LogP) is 4.62. The molecule has 162 valence electrons. The highest BCUT2D eigenvalue weighted by atomic mass is 16.5. The SMILES string of the molecule is CCCCOc1nc(C)cc(C)c1CN1CCOc2ccc(OCC)c(C)c2C1=O. The number of pyridine rings is 1. The molecule has 2 aromatic rings. The summed E-state index contributed by atoms with van der Waals surface area (Å²) in [6.45, 7) is 12.5. The van der Waals surface area contributed by atoms with Gasteiger partial charge in [0.1, 0.15) is 18.1 Å². The van der Waals surface area contributed by atoms with Gasteiger partial charge in [0.25, 0.3) is 5.91 Å². The summed E-state index contributed by atoms with van der Waals surface area (Å²) in [4.78, 5) is 19.9. The van der Waals surface area contributed by atoms with Crippen LogP contribution in [-0.2, 0) is 6.54 Å². The van der Waals surface area contributed by atoms with E-state index in [0.29, 0.717) is 55.9 Å². The van der Waals surface area contributed by atoms with E-state index in [2.05, 4.69) is 11.9 Å². The molecule has 2 heterocycles. The normalized spacial score (nSPS) is 13.5. The van der Waals surface area contributed by atoms with E-state index in [-0.39, 0.29) is 5.91 Å². The van der Waals surface area contributed by atoms with Crippen molar-refractivity contribution in [2.45, 2.75) is 54.0 Å². The van der Waals surface area contributed by atoms with Crippen LogP contribution in [0.4, 0.5) is 0 Å². The zero-order chi connectivity index (χ0) is 21.7. The molecule has 0 unspecified atom stereocenters. The first-order valence-electron chi connectivity index (χ1n) is 10.7. The van der Waals surface area contributed by atoms with Gasteiger partial charge in [0.15, 0.2) is 0 Å². The highest BCUT2D eigenvalue weighted by Gasteiger charge is 2.28. The largest absolute Gasteiger partial charge is 0.494 e. The quantitative estimate of drug-likeness (QED) is 0.592. The van der Waals surface area contributed by atoms with Gasteiger partial charge in [-0.15, -0.1) is 0 Å². The number of hydrogen-bond donors (Lipinski definition) is 0. The lowest BCUT2D eigenvalue weighted by Gasteiger charge is -2.23. The summed E-state index contributed by atoms with van der Waals surface area (Å²) in [5.74, 6) is 1.90. The lowest BCUT2D eigenvalue weighted by molar-refractivity contribution is 0.0740. The molecule has 0 radical (unpaired) electrons. The summed E-state index contributed by atoms with van der Waals surface area (Å²) in [5, 5.41) is 0. The smallest absolute Gasteiger partial charge is 0.258 e. The number of rotatable bonds is 8. The van der Waals surface area contributed by atoms with Gasteiger partial charge < -0.3 is 19.1 Å². The van der Waals surface area contributed by atoms with E-state index in [0.717, 1.165) is 35.2 Å². The molecule has 1 aliphatic rings. The zero-order valence-electron chi connectivity index (χ0n) is 18.7. The molecule has 0 saturated carbocycles. The van der Waals surface area contributed by atoms with E-state index in [9.17, 15) is 4.79 Å². The van der Waals surface area contributed by atoms with Crippen molar-refractivity contribution < 1.29 is 19.0 Å². The van der Waals surface area contributed by atoms with Gasteiger partial charge in [-0.2, -0.15) is 0 Å². The number of aromatic nitrogens is 1. The average Bonchev–Trinajstić information content (AvgIpc) is 2.86. The van der Waals surface area contributed by atoms with Crippen molar-refractivity contribution in [1.29, 1.82) is 0 Å². The van der Waals surface area contributed by atoms with Gasteiger partial charge in [-0.25, -0.2) is 4.98 Å². The van der Waals surface area contributed by atoms with Crippen LogP contribution >= 0.6 is 0 Å². The Morgan fingerprint density at radius 2 is 1.97 bits per heavy atom. The Morgan fingerprint density at radius 3 is 2.70 bits per heavy atom. The fourth-order valence-corrected chi connectivity index (χ4v) is 3.69. The number of hydrogen-bond acceptors (Lipinski definition) is 5. The van der Waals surface area contributed by atoms with Crippen molar-refractivity contribution >= 4 is 5.91 Å². The first kappa shape index (κ1) is 21.9. The Morgan fingerprint density at radius 1 is 1.17 bits per heavy atom. The Bertz CT molecular complexity index is 911. The van der Waals surface area contributed by atoms with Gasteiger partial charge >= 0.3 is 0 Å². The third-order valence-corrected chi connectivity index (χ3v) is 5.32. The number of aryl methyl sites for hydroxylation is 2. The summed E-state index contributed by atoms with van der Waals surface area (Å²) < 4.78 is 17.6. The molecule has 0 N–H and O–H groups in total. The van der Waals surface area contributed by atoms with Crippen LogP contribution in [0.15, 0.2) is 18.2 Å². The van der Waals surface area contributed by atoms with E-state index in [1.54, 1.807) is 0 Å². The molecule has 1 aromatic heterocycles.